The number of ether oxygens (including phenoxy) is 1. The Morgan fingerprint density at radius 3 is 2.50 bits per heavy atom. The van der Waals surface area contributed by atoms with Gasteiger partial charge in [-0.1, -0.05) is 11.6 Å². The van der Waals surface area contributed by atoms with Crippen molar-refractivity contribution >= 4 is 11.6 Å². The molecular weight excluding hydrogens is 293 g/mol. The van der Waals surface area contributed by atoms with Crippen molar-refractivity contribution in [2.24, 2.45) is 0 Å². The molecule has 1 aromatic carbocycles. The number of nitrogens with zero attached hydrogens (tertiary/aromatic N) is 2. The Morgan fingerprint density at radius 1 is 1.20 bits per heavy atom. The molecule has 0 saturated heterocycles. The number of alkyl halides is 3. The zero-order valence-corrected chi connectivity index (χ0v) is 10.5. The van der Waals surface area contributed by atoms with Crippen molar-refractivity contribution in [3.63, 3.8) is 0 Å². The minimum atomic E-state index is -4.63. The molecule has 2 aromatic rings. The topological polar surface area (TPSA) is 45.9 Å². The van der Waals surface area contributed by atoms with E-state index in [0.717, 1.165) is 12.1 Å². The van der Waals surface area contributed by atoms with Crippen molar-refractivity contribution < 1.29 is 17.9 Å². The summed E-state index contributed by atoms with van der Waals surface area (Å²) in [6, 6.07) is 7.49. The number of benzene rings is 1. The standard InChI is InChI=1S/C13H6ClF3N2O/c14-9-2-4-12(19-7-9)20-11-3-1-8(6-18)5-10(11)13(15,16)17/h1-5,7H. The van der Waals surface area contributed by atoms with Gasteiger partial charge in [0.25, 0.3) is 0 Å². The average Bonchev–Trinajstić information content (AvgIpc) is 2.40. The first-order chi connectivity index (χ1) is 9.40. The molecule has 0 saturated carbocycles. The molecular formula is C13H6ClF3N2O. The SMILES string of the molecule is N#Cc1ccc(Oc2ccc(Cl)cn2)c(C(F)(F)F)c1. The molecule has 0 aliphatic carbocycles. The van der Waals surface area contributed by atoms with Gasteiger partial charge in [0.05, 0.1) is 22.2 Å². The predicted octanol–water partition coefficient (Wildman–Crippen LogP) is 4.42. The molecule has 7 heteroatoms. The number of halogens is 4. The molecule has 0 radical (unpaired) electrons. The van der Waals surface area contributed by atoms with Gasteiger partial charge in [0, 0.05) is 12.3 Å². The van der Waals surface area contributed by atoms with Gasteiger partial charge in [-0.2, -0.15) is 18.4 Å². The summed E-state index contributed by atoms with van der Waals surface area (Å²) >= 11 is 5.62. The number of aromatic nitrogens is 1. The van der Waals surface area contributed by atoms with E-state index in [9.17, 15) is 13.2 Å². The Bertz CT molecular complexity index is 663. The number of hydrogen-bond donors (Lipinski definition) is 0. The summed E-state index contributed by atoms with van der Waals surface area (Å²) in [7, 11) is 0. The Kier molecular flexibility index (Phi) is 3.81. The highest BCUT2D eigenvalue weighted by Crippen LogP contribution is 2.38. The summed E-state index contributed by atoms with van der Waals surface area (Å²) in [5.41, 5.74) is -1.14. The van der Waals surface area contributed by atoms with Crippen LogP contribution in [0.2, 0.25) is 5.02 Å². The molecule has 0 spiro atoms. The summed E-state index contributed by atoms with van der Waals surface area (Å²) in [6.45, 7) is 0. The van der Waals surface area contributed by atoms with E-state index in [4.69, 9.17) is 21.6 Å². The van der Waals surface area contributed by atoms with Crippen LogP contribution in [0.15, 0.2) is 36.5 Å². The number of nitriles is 1. The number of pyridine rings is 1. The van der Waals surface area contributed by atoms with Gasteiger partial charge in [-0.05, 0) is 24.3 Å². The summed E-state index contributed by atoms with van der Waals surface area (Å²) in [5.74, 6) is -0.448. The fourth-order valence-electron chi connectivity index (χ4n) is 1.45. The van der Waals surface area contributed by atoms with Crippen molar-refractivity contribution in [1.82, 2.24) is 4.98 Å². The van der Waals surface area contributed by atoms with Gasteiger partial charge >= 0.3 is 6.18 Å². The molecule has 20 heavy (non-hydrogen) atoms. The van der Waals surface area contributed by atoms with E-state index in [0.29, 0.717) is 5.02 Å². The van der Waals surface area contributed by atoms with Crippen LogP contribution >= 0.6 is 11.6 Å². The number of hydrogen-bond acceptors (Lipinski definition) is 3. The first kappa shape index (κ1) is 14.2. The monoisotopic (exact) mass is 298 g/mol. The largest absolute Gasteiger partial charge is 0.438 e. The highest BCUT2D eigenvalue weighted by atomic mass is 35.5. The maximum Gasteiger partial charge on any atom is 0.420 e. The third kappa shape index (κ3) is 3.19. The second-order valence-corrected chi connectivity index (χ2v) is 4.17. The van der Waals surface area contributed by atoms with Gasteiger partial charge in [0.15, 0.2) is 0 Å². The lowest BCUT2D eigenvalue weighted by molar-refractivity contribution is -0.138. The second kappa shape index (κ2) is 5.39. The summed E-state index contributed by atoms with van der Waals surface area (Å²) in [4.78, 5) is 3.75. The van der Waals surface area contributed by atoms with E-state index in [-0.39, 0.29) is 11.4 Å². The van der Waals surface area contributed by atoms with E-state index < -0.39 is 17.5 Å². The third-order valence-electron chi connectivity index (χ3n) is 2.33. The number of rotatable bonds is 2. The predicted molar refractivity (Wildman–Crippen MR) is 65.5 cm³/mol. The van der Waals surface area contributed by atoms with Gasteiger partial charge in [-0.3, -0.25) is 0 Å². The molecule has 0 fully saturated rings. The van der Waals surface area contributed by atoms with Crippen molar-refractivity contribution in [2.75, 3.05) is 0 Å². The lowest BCUT2D eigenvalue weighted by Crippen LogP contribution is -2.07. The Balaban J connectivity index is 2.41. The van der Waals surface area contributed by atoms with Crippen LogP contribution in [0.4, 0.5) is 13.2 Å². The Hall–Kier alpha value is -2.26. The molecule has 2 rings (SSSR count). The van der Waals surface area contributed by atoms with Crippen molar-refractivity contribution in [3.8, 4) is 17.7 Å². The Labute approximate surface area is 117 Å². The zero-order valence-electron chi connectivity index (χ0n) is 9.78. The van der Waals surface area contributed by atoms with Crippen LogP contribution in [0.5, 0.6) is 11.6 Å². The lowest BCUT2D eigenvalue weighted by Gasteiger charge is -2.13. The van der Waals surface area contributed by atoms with Crippen LogP contribution < -0.4 is 4.74 Å². The smallest absolute Gasteiger partial charge is 0.420 e. The van der Waals surface area contributed by atoms with Crippen LogP contribution in [-0.4, -0.2) is 4.98 Å². The van der Waals surface area contributed by atoms with E-state index in [1.54, 1.807) is 6.07 Å². The lowest BCUT2D eigenvalue weighted by atomic mass is 10.1. The van der Waals surface area contributed by atoms with Gasteiger partial charge in [-0.25, -0.2) is 4.98 Å². The van der Waals surface area contributed by atoms with Crippen LogP contribution in [-0.2, 0) is 6.18 Å². The zero-order chi connectivity index (χ0) is 14.8. The minimum Gasteiger partial charge on any atom is -0.438 e. The summed E-state index contributed by atoms with van der Waals surface area (Å²) in [6.07, 6.45) is -3.37. The fraction of sp³-hybridized carbons (Fsp3) is 0.0769. The summed E-state index contributed by atoms with van der Waals surface area (Å²) < 4.78 is 43.8. The molecule has 0 unspecified atom stereocenters. The maximum absolute atomic E-state index is 12.9. The highest BCUT2D eigenvalue weighted by molar-refractivity contribution is 6.30. The molecule has 0 aliphatic rings. The van der Waals surface area contributed by atoms with Gasteiger partial charge in [0.1, 0.15) is 5.75 Å². The Morgan fingerprint density at radius 2 is 1.95 bits per heavy atom. The van der Waals surface area contributed by atoms with Crippen molar-refractivity contribution in [3.05, 3.63) is 52.7 Å². The molecule has 0 aliphatic heterocycles. The molecule has 0 bridgehead atoms. The maximum atomic E-state index is 12.9. The van der Waals surface area contributed by atoms with Gasteiger partial charge < -0.3 is 4.74 Å². The normalized spacial score (nSPS) is 10.9. The van der Waals surface area contributed by atoms with Crippen LogP contribution in [0, 0.1) is 11.3 Å². The molecule has 0 amide bonds. The van der Waals surface area contributed by atoms with Crippen LogP contribution in [0.1, 0.15) is 11.1 Å². The first-order valence-corrected chi connectivity index (χ1v) is 5.68. The first-order valence-electron chi connectivity index (χ1n) is 5.31. The molecule has 0 atom stereocenters. The van der Waals surface area contributed by atoms with E-state index >= 15 is 0 Å². The van der Waals surface area contributed by atoms with Crippen molar-refractivity contribution in [2.45, 2.75) is 6.18 Å². The quantitative estimate of drug-likeness (QED) is 0.824. The second-order valence-electron chi connectivity index (χ2n) is 3.74. The van der Waals surface area contributed by atoms with Crippen LogP contribution in [0.3, 0.4) is 0 Å². The van der Waals surface area contributed by atoms with Gasteiger partial charge in [-0.15, -0.1) is 0 Å². The average molecular weight is 299 g/mol. The molecule has 0 N–H and O–H groups in total. The van der Waals surface area contributed by atoms with E-state index in [2.05, 4.69) is 4.98 Å². The summed E-state index contributed by atoms with van der Waals surface area (Å²) in [5, 5.41) is 8.99. The van der Waals surface area contributed by atoms with Crippen molar-refractivity contribution in [1.29, 1.82) is 5.26 Å². The minimum absolute atomic E-state index is 0.0235. The van der Waals surface area contributed by atoms with Crippen LogP contribution in [0.25, 0.3) is 0 Å². The fourth-order valence-corrected chi connectivity index (χ4v) is 1.56. The highest BCUT2D eigenvalue weighted by Gasteiger charge is 2.35. The molecule has 1 heterocycles. The van der Waals surface area contributed by atoms with Gasteiger partial charge in [0.2, 0.25) is 5.88 Å². The molecule has 1 aromatic heterocycles. The van der Waals surface area contributed by atoms with E-state index in [1.165, 1.54) is 24.4 Å². The molecule has 3 nitrogen and oxygen atoms in total. The molecule has 102 valence electrons. The van der Waals surface area contributed by atoms with E-state index in [1.807, 2.05) is 0 Å². The third-order valence-corrected chi connectivity index (χ3v) is 2.55.